The predicted octanol–water partition coefficient (Wildman–Crippen LogP) is 3.77. The third-order valence-electron chi connectivity index (χ3n) is 5.59. The van der Waals surface area contributed by atoms with Crippen LogP contribution in [0.15, 0.2) is 59.4 Å². The van der Waals surface area contributed by atoms with Gasteiger partial charge in [0.25, 0.3) is 5.56 Å². The van der Waals surface area contributed by atoms with Crippen molar-refractivity contribution in [2.45, 2.75) is 19.4 Å². The first kappa shape index (κ1) is 21.1. The lowest BCUT2D eigenvalue weighted by Gasteiger charge is -2.11. The van der Waals surface area contributed by atoms with Crippen LogP contribution in [0.25, 0.3) is 21.5 Å². The average molecular weight is 462 g/mol. The summed E-state index contributed by atoms with van der Waals surface area (Å²) < 4.78 is 7.24. The number of carbonyl (C=O) groups is 1. The average Bonchev–Trinajstić information content (AvgIpc) is 3.52. The highest BCUT2D eigenvalue weighted by molar-refractivity contribution is 7.22. The highest BCUT2D eigenvalue weighted by atomic mass is 32.1. The number of nitrogens with zero attached hydrogens (tertiary/aromatic N) is 4. The molecule has 33 heavy (non-hydrogen) atoms. The van der Waals surface area contributed by atoms with Crippen molar-refractivity contribution >= 4 is 38.3 Å². The lowest BCUT2D eigenvalue weighted by atomic mass is 10.1. The number of para-hydroxylation sites is 2. The van der Waals surface area contributed by atoms with Crippen LogP contribution in [0.3, 0.4) is 0 Å². The summed E-state index contributed by atoms with van der Waals surface area (Å²) in [6.07, 6.45) is 2.24. The van der Waals surface area contributed by atoms with Crippen molar-refractivity contribution in [3.8, 4) is 17.0 Å². The SMILES string of the molecule is COc1ccccc1NC(=O)Cn1nc(-c2ccccc2)c2sc(N3CCCC3)nc2c1=O. The predicted molar refractivity (Wildman–Crippen MR) is 130 cm³/mol. The van der Waals surface area contributed by atoms with E-state index >= 15 is 0 Å². The number of methoxy groups -OCH3 is 1. The Labute approximate surface area is 194 Å². The van der Waals surface area contributed by atoms with Crippen molar-refractivity contribution in [2.24, 2.45) is 0 Å². The van der Waals surface area contributed by atoms with E-state index < -0.39 is 0 Å². The number of aromatic nitrogens is 3. The van der Waals surface area contributed by atoms with Gasteiger partial charge in [-0.1, -0.05) is 53.8 Å². The third-order valence-corrected chi connectivity index (χ3v) is 6.71. The van der Waals surface area contributed by atoms with Gasteiger partial charge < -0.3 is 15.0 Å². The molecule has 5 rings (SSSR count). The molecule has 1 saturated heterocycles. The van der Waals surface area contributed by atoms with E-state index in [0.29, 0.717) is 22.6 Å². The summed E-state index contributed by atoms with van der Waals surface area (Å²) in [7, 11) is 1.54. The molecule has 0 bridgehead atoms. The Balaban J connectivity index is 1.55. The molecule has 1 aliphatic rings. The van der Waals surface area contributed by atoms with Crippen molar-refractivity contribution in [1.82, 2.24) is 14.8 Å². The second kappa shape index (κ2) is 9.03. The number of fused-ring (bicyclic) bond motifs is 1. The van der Waals surface area contributed by atoms with Gasteiger partial charge in [-0.05, 0) is 25.0 Å². The van der Waals surface area contributed by atoms with E-state index in [9.17, 15) is 9.59 Å². The Morgan fingerprint density at radius 1 is 1.09 bits per heavy atom. The summed E-state index contributed by atoms with van der Waals surface area (Å²) >= 11 is 1.49. The molecule has 168 valence electrons. The number of hydrogen-bond donors (Lipinski definition) is 1. The Morgan fingerprint density at radius 2 is 1.82 bits per heavy atom. The number of benzene rings is 2. The van der Waals surface area contributed by atoms with Gasteiger partial charge in [-0.25, -0.2) is 9.67 Å². The van der Waals surface area contributed by atoms with E-state index in [1.165, 1.54) is 23.1 Å². The zero-order chi connectivity index (χ0) is 22.8. The minimum Gasteiger partial charge on any atom is -0.495 e. The molecule has 3 heterocycles. The van der Waals surface area contributed by atoms with Crippen LogP contribution in [-0.4, -0.2) is 40.9 Å². The standard InChI is InChI=1S/C24H23N5O3S/c1-32-18-12-6-5-11-17(18)25-19(30)15-29-23(31)21-22(20(27-29)16-9-3-2-4-10-16)33-24(26-21)28-13-7-8-14-28/h2-6,9-12H,7-8,13-15H2,1H3,(H,25,30). The van der Waals surface area contributed by atoms with Crippen LogP contribution in [0, 0.1) is 0 Å². The van der Waals surface area contributed by atoms with Crippen molar-refractivity contribution in [3.63, 3.8) is 0 Å². The summed E-state index contributed by atoms with van der Waals surface area (Å²) in [5, 5.41) is 8.23. The highest BCUT2D eigenvalue weighted by Gasteiger charge is 2.22. The molecule has 0 radical (unpaired) electrons. The number of nitrogens with one attached hydrogen (secondary N) is 1. The van der Waals surface area contributed by atoms with Crippen molar-refractivity contribution in [2.75, 3.05) is 30.4 Å². The Bertz CT molecular complexity index is 1360. The monoisotopic (exact) mass is 461 g/mol. The maximum atomic E-state index is 13.3. The molecular formula is C24H23N5O3S. The first-order valence-electron chi connectivity index (χ1n) is 10.8. The van der Waals surface area contributed by atoms with E-state index in [-0.39, 0.29) is 18.0 Å². The summed E-state index contributed by atoms with van der Waals surface area (Å²) in [6.45, 7) is 1.64. The van der Waals surface area contributed by atoms with Gasteiger partial charge in [-0.15, -0.1) is 0 Å². The Morgan fingerprint density at radius 3 is 2.58 bits per heavy atom. The minimum absolute atomic E-state index is 0.233. The van der Waals surface area contributed by atoms with Gasteiger partial charge in [0.1, 0.15) is 18.0 Å². The van der Waals surface area contributed by atoms with E-state index in [1.54, 1.807) is 18.2 Å². The number of ether oxygens (including phenoxy) is 1. The third kappa shape index (κ3) is 4.19. The lowest BCUT2D eigenvalue weighted by Crippen LogP contribution is -2.30. The van der Waals surface area contributed by atoms with Crippen LogP contribution in [0.2, 0.25) is 0 Å². The molecule has 0 unspecified atom stereocenters. The number of anilines is 2. The number of rotatable bonds is 6. The zero-order valence-electron chi connectivity index (χ0n) is 18.2. The van der Waals surface area contributed by atoms with Crippen LogP contribution in [0.1, 0.15) is 12.8 Å². The van der Waals surface area contributed by atoms with E-state index in [1.807, 2.05) is 36.4 Å². The Hall–Kier alpha value is -3.72. The second-order valence-corrected chi connectivity index (χ2v) is 8.77. The van der Waals surface area contributed by atoms with E-state index in [4.69, 9.17) is 4.74 Å². The lowest BCUT2D eigenvalue weighted by molar-refractivity contribution is -0.117. The number of carbonyl (C=O) groups excluding carboxylic acids is 1. The van der Waals surface area contributed by atoms with Gasteiger partial charge in [-0.3, -0.25) is 9.59 Å². The molecular weight excluding hydrogens is 438 g/mol. The van der Waals surface area contributed by atoms with Gasteiger partial charge >= 0.3 is 0 Å². The fourth-order valence-corrected chi connectivity index (χ4v) is 5.07. The number of hydrogen-bond acceptors (Lipinski definition) is 7. The molecule has 1 fully saturated rings. The van der Waals surface area contributed by atoms with Gasteiger partial charge in [0.05, 0.1) is 17.5 Å². The fraction of sp³-hybridized carbons (Fsp3) is 0.250. The van der Waals surface area contributed by atoms with E-state index in [2.05, 4.69) is 20.3 Å². The number of amides is 1. The smallest absolute Gasteiger partial charge is 0.294 e. The quantitative estimate of drug-likeness (QED) is 0.470. The molecule has 0 spiro atoms. The van der Waals surface area contributed by atoms with Crippen LogP contribution in [-0.2, 0) is 11.3 Å². The maximum absolute atomic E-state index is 13.3. The molecule has 2 aromatic heterocycles. The highest BCUT2D eigenvalue weighted by Crippen LogP contribution is 2.34. The molecule has 0 saturated carbocycles. The van der Waals surface area contributed by atoms with Crippen molar-refractivity contribution in [3.05, 3.63) is 65.0 Å². The topological polar surface area (TPSA) is 89.3 Å². The minimum atomic E-state index is -0.374. The molecule has 8 nitrogen and oxygen atoms in total. The fourth-order valence-electron chi connectivity index (χ4n) is 3.96. The van der Waals surface area contributed by atoms with Gasteiger partial charge in [0.2, 0.25) is 5.91 Å². The molecule has 4 aromatic rings. The van der Waals surface area contributed by atoms with E-state index in [0.717, 1.165) is 41.3 Å². The van der Waals surface area contributed by atoms with Gasteiger partial charge in [0, 0.05) is 18.7 Å². The first-order chi connectivity index (χ1) is 16.1. The second-order valence-electron chi connectivity index (χ2n) is 7.79. The summed E-state index contributed by atoms with van der Waals surface area (Å²) in [6, 6.07) is 16.8. The maximum Gasteiger partial charge on any atom is 0.294 e. The van der Waals surface area contributed by atoms with Crippen LogP contribution in [0.4, 0.5) is 10.8 Å². The molecule has 9 heteroatoms. The molecule has 1 N–H and O–H groups in total. The zero-order valence-corrected chi connectivity index (χ0v) is 19.0. The molecule has 2 aromatic carbocycles. The molecule has 1 amide bonds. The summed E-state index contributed by atoms with van der Waals surface area (Å²) in [4.78, 5) is 33.0. The van der Waals surface area contributed by atoms with Crippen molar-refractivity contribution < 1.29 is 9.53 Å². The first-order valence-corrected chi connectivity index (χ1v) is 11.6. The largest absolute Gasteiger partial charge is 0.495 e. The molecule has 0 aliphatic carbocycles. The van der Waals surface area contributed by atoms with Crippen LogP contribution in [0.5, 0.6) is 5.75 Å². The summed E-state index contributed by atoms with van der Waals surface area (Å²) in [5.74, 6) is 0.170. The van der Waals surface area contributed by atoms with Gasteiger partial charge in [0.15, 0.2) is 10.6 Å². The van der Waals surface area contributed by atoms with Crippen molar-refractivity contribution in [1.29, 1.82) is 0 Å². The van der Waals surface area contributed by atoms with Gasteiger partial charge in [-0.2, -0.15) is 5.10 Å². The molecule has 0 atom stereocenters. The summed E-state index contributed by atoms with van der Waals surface area (Å²) in [5.41, 5.74) is 2.03. The Kier molecular flexibility index (Phi) is 5.78. The normalized spacial score (nSPS) is 13.4. The van der Waals surface area contributed by atoms with Crippen LogP contribution < -0.4 is 20.5 Å². The van der Waals surface area contributed by atoms with Crippen LogP contribution >= 0.6 is 11.3 Å². The number of thiazole rings is 1. The molecule has 1 aliphatic heterocycles.